The number of nitrogens with zero attached hydrogens (tertiary/aromatic N) is 1. The van der Waals surface area contributed by atoms with Gasteiger partial charge in [-0.05, 0) is 25.3 Å². The number of alkyl halides is 1. The number of aryl methyl sites for hydroxylation is 1. The number of amides is 1. The molecule has 1 amide bonds. The lowest BCUT2D eigenvalue weighted by molar-refractivity contribution is -0.129. The van der Waals surface area contributed by atoms with Crippen LogP contribution in [0.2, 0.25) is 0 Å². The molecule has 0 atom stereocenters. The number of rotatable bonds is 7. The Balaban J connectivity index is 2.35. The van der Waals surface area contributed by atoms with Gasteiger partial charge in [0.1, 0.15) is 0 Å². The van der Waals surface area contributed by atoms with Gasteiger partial charge in [-0.2, -0.15) is 0 Å². The molecule has 0 heterocycles. The SMILES string of the molecule is Cc1cccc(CC(=O)N(C)CCCCCBr)c1. The van der Waals surface area contributed by atoms with Gasteiger partial charge in [0.15, 0.2) is 0 Å². The average Bonchev–Trinajstić information content (AvgIpc) is 2.34. The highest BCUT2D eigenvalue weighted by Crippen LogP contribution is 2.07. The van der Waals surface area contributed by atoms with Crippen molar-refractivity contribution >= 4 is 21.8 Å². The van der Waals surface area contributed by atoms with Crippen LogP contribution >= 0.6 is 15.9 Å². The van der Waals surface area contributed by atoms with Crippen LogP contribution in [0.4, 0.5) is 0 Å². The molecule has 0 aliphatic heterocycles. The largest absolute Gasteiger partial charge is 0.345 e. The smallest absolute Gasteiger partial charge is 0.226 e. The molecule has 0 bridgehead atoms. The number of carbonyl (C=O) groups excluding carboxylic acids is 1. The monoisotopic (exact) mass is 311 g/mol. The van der Waals surface area contributed by atoms with E-state index in [2.05, 4.69) is 35.0 Å². The zero-order valence-electron chi connectivity index (χ0n) is 11.3. The van der Waals surface area contributed by atoms with Crippen molar-refractivity contribution in [3.63, 3.8) is 0 Å². The van der Waals surface area contributed by atoms with Gasteiger partial charge in [0.25, 0.3) is 0 Å². The van der Waals surface area contributed by atoms with Gasteiger partial charge in [-0.3, -0.25) is 4.79 Å². The summed E-state index contributed by atoms with van der Waals surface area (Å²) in [5.74, 6) is 0.208. The fraction of sp³-hybridized carbons (Fsp3) is 0.533. The van der Waals surface area contributed by atoms with Gasteiger partial charge in [0.2, 0.25) is 5.91 Å². The Labute approximate surface area is 119 Å². The van der Waals surface area contributed by atoms with E-state index in [1.807, 2.05) is 24.1 Å². The highest BCUT2D eigenvalue weighted by molar-refractivity contribution is 9.09. The third-order valence-electron chi connectivity index (χ3n) is 2.99. The van der Waals surface area contributed by atoms with E-state index in [4.69, 9.17) is 0 Å². The van der Waals surface area contributed by atoms with E-state index in [0.29, 0.717) is 6.42 Å². The molecule has 1 rings (SSSR count). The number of hydrogen-bond donors (Lipinski definition) is 0. The summed E-state index contributed by atoms with van der Waals surface area (Å²) >= 11 is 3.42. The Bertz CT molecular complexity index is 379. The first-order chi connectivity index (χ1) is 8.63. The molecule has 100 valence electrons. The Kier molecular flexibility index (Phi) is 7.02. The van der Waals surface area contributed by atoms with Crippen LogP contribution in [0.1, 0.15) is 30.4 Å². The van der Waals surface area contributed by atoms with Gasteiger partial charge in [0.05, 0.1) is 6.42 Å². The molecule has 1 aromatic rings. The Morgan fingerprint density at radius 1 is 1.28 bits per heavy atom. The summed E-state index contributed by atoms with van der Waals surface area (Å²) in [4.78, 5) is 13.8. The molecule has 18 heavy (non-hydrogen) atoms. The lowest BCUT2D eigenvalue weighted by Gasteiger charge is -2.17. The molecule has 0 saturated heterocycles. The van der Waals surface area contributed by atoms with Crippen LogP contribution in [0, 0.1) is 6.92 Å². The molecule has 0 saturated carbocycles. The maximum Gasteiger partial charge on any atom is 0.226 e. The predicted octanol–water partition coefficient (Wildman–Crippen LogP) is 3.56. The van der Waals surface area contributed by atoms with Gasteiger partial charge in [-0.25, -0.2) is 0 Å². The topological polar surface area (TPSA) is 20.3 Å². The second-order valence-electron chi connectivity index (χ2n) is 4.73. The van der Waals surface area contributed by atoms with E-state index in [9.17, 15) is 4.79 Å². The van der Waals surface area contributed by atoms with Crippen LogP contribution in [-0.2, 0) is 11.2 Å². The molecular weight excluding hydrogens is 290 g/mol. The summed E-state index contributed by atoms with van der Waals surface area (Å²) in [5.41, 5.74) is 2.31. The van der Waals surface area contributed by atoms with Gasteiger partial charge >= 0.3 is 0 Å². The molecule has 2 nitrogen and oxygen atoms in total. The highest BCUT2D eigenvalue weighted by Gasteiger charge is 2.09. The molecule has 0 unspecified atom stereocenters. The van der Waals surface area contributed by atoms with Crippen molar-refractivity contribution in [3.8, 4) is 0 Å². The maximum absolute atomic E-state index is 12.0. The minimum atomic E-state index is 0.208. The molecule has 0 fully saturated rings. The first-order valence-corrected chi connectivity index (χ1v) is 7.61. The van der Waals surface area contributed by atoms with E-state index in [-0.39, 0.29) is 5.91 Å². The normalized spacial score (nSPS) is 10.4. The number of likely N-dealkylation sites (N-methyl/N-ethyl adjacent to an activating group) is 1. The second kappa shape index (κ2) is 8.30. The zero-order chi connectivity index (χ0) is 13.4. The summed E-state index contributed by atoms with van der Waals surface area (Å²) in [6, 6.07) is 8.16. The third kappa shape index (κ3) is 5.67. The van der Waals surface area contributed by atoms with Crippen molar-refractivity contribution in [2.45, 2.75) is 32.6 Å². The minimum Gasteiger partial charge on any atom is -0.345 e. The van der Waals surface area contributed by atoms with Gasteiger partial charge < -0.3 is 4.90 Å². The fourth-order valence-corrected chi connectivity index (χ4v) is 2.27. The van der Waals surface area contributed by atoms with Crippen molar-refractivity contribution < 1.29 is 4.79 Å². The van der Waals surface area contributed by atoms with E-state index >= 15 is 0 Å². The molecule has 1 aromatic carbocycles. The van der Waals surface area contributed by atoms with Crippen LogP contribution in [0.3, 0.4) is 0 Å². The lowest BCUT2D eigenvalue weighted by Crippen LogP contribution is -2.29. The molecular formula is C15H22BrNO. The van der Waals surface area contributed by atoms with Crippen LogP contribution in [-0.4, -0.2) is 29.7 Å². The summed E-state index contributed by atoms with van der Waals surface area (Å²) in [5, 5.41) is 1.05. The second-order valence-corrected chi connectivity index (χ2v) is 5.52. The van der Waals surface area contributed by atoms with Crippen molar-refractivity contribution in [3.05, 3.63) is 35.4 Å². The van der Waals surface area contributed by atoms with E-state index < -0.39 is 0 Å². The highest BCUT2D eigenvalue weighted by atomic mass is 79.9. The first-order valence-electron chi connectivity index (χ1n) is 6.49. The van der Waals surface area contributed by atoms with Crippen LogP contribution in [0.25, 0.3) is 0 Å². The zero-order valence-corrected chi connectivity index (χ0v) is 12.9. The molecule has 0 aromatic heterocycles. The Morgan fingerprint density at radius 2 is 2.06 bits per heavy atom. The van der Waals surface area contributed by atoms with Crippen LogP contribution < -0.4 is 0 Å². The predicted molar refractivity (Wildman–Crippen MR) is 80.2 cm³/mol. The van der Waals surface area contributed by atoms with Gasteiger partial charge in [0, 0.05) is 18.9 Å². The summed E-state index contributed by atoms with van der Waals surface area (Å²) in [6.07, 6.45) is 3.95. The van der Waals surface area contributed by atoms with Crippen LogP contribution in [0.15, 0.2) is 24.3 Å². The number of unbranched alkanes of at least 4 members (excludes halogenated alkanes) is 2. The first kappa shape index (κ1) is 15.2. The van der Waals surface area contributed by atoms with Crippen molar-refractivity contribution in [2.24, 2.45) is 0 Å². The third-order valence-corrected chi connectivity index (χ3v) is 3.55. The van der Waals surface area contributed by atoms with Crippen molar-refractivity contribution in [2.75, 3.05) is 18.9 Å². The summed E-state index contributed by atoms with van der Waals surface area (Å²) < 4.78 is 0. The van der Waals surface area contributed by atoms with Crippen LogP contribution in [0.5, 0.6) is 0 Å². The van der Waals surface area contributed by atoms with E-state index in [1.165, 1.54) is 18.4 Å². The molecule has 0 radical (unpaired) electrons. The summed E-state index contributed by atoms with van der Waals surface area (Å²) in [6.45, 7) is 2.91. The maximum atomic E-state index is 12.0. The Morgan fingerprint density at radius 3 is 2.72 bits per heavy atom. The van der Waals surface area contributed by atoms with E-state index in [0.717, 1.165) is 23.9 Å². The fourth-order valence-electron chi connectivity index (χ4n) is 1.88. The molecule has 0 aliphatic carbocycles. The molecule has 0 aliphatic rings. The Hall–Kier alpha value is -0.830. The average molecular weight is 312 g/mol. The molecule has 3 heteroatoms. The van der Waals surface area contributed by atoms with E-state index in [1.54, 1.807) is 0 Å². The number of hydrogen-bond acceptors (Lipinski definition) is 1. The standard InChI is InChI=1S/C15H22BrNO/c1-13-7-6-8-14(11-13)12-15(18)17(2)10-5-3-4-9-16/h6-8,11H,3-5,9-10,12H2,1-2H3. The van der Waals surface area contributed by atoms with Crippen molar-refractivity contribution in [1.29, 1.82) is 0 Å². The molecule has 0 N–H and O–H groups in total. The lowest BCUT2D eigenvalue weighted by atomic mass is 10.1. The van der Waals surface area contributed by atoms with Crippen molar-refractivity contribution in [1.82, 2.24) is 4.90 Å². The quantitative estimate of drug-likeness (QED) is 0.557. The minimum absolute atomic E-state index is 0.208. The molecule has 0 spiro atoms. The number of carbonyl (C=O) groups is 1. The summed E-state index contributed by atoms with van der Waals surface area (Å²) in [7, 11) is 1.90. The number of benzene rings is 1. The number of halogens is 1. The van der Waals surface area contributed by atoms with Gasteiger partial charge in [-0.15, -0.1) is 0 Å². The van der Waals surface area contributed by atoms with Gasteiger partial charge in [-0.1, -0.05) is 52.2 Å².